The molecule has 1 N–H and O–H groups in total. The Morgan fingerprint density at radius 3 is 2.50 bits per heavy atom. The number of anilines is 1. The van der Waals surface area contributed by atoms with E-state index in [1.807, 2.05) is 30.3 Å². The molecule has 2 aromatic carbocycles. The van der Waals surface area contributed by atoms with Gasteiger partial charge in [-0.2, -0.15) is 13.2 Å². The molecule has 0 heterocycles. The van der Waals surface area contributed by atoms with Crippen molar-refractivity contribution in [3.05, 3.63) is 54.4 Å². The number of fused-ring (bicyclic) bond motifs is 1. The Morgan fingerprint density at radius 1 is 1.18 bits per heavy atom. The summed E-state index contributed by atoms with van der Waals surface area (Å²) in [5.74, 6) is -2.20. The van der Waals surface area contributed by atoms with Gasteiger partial charge in [-0.05, 0) is 29.8 Å². The van der Waals surface area contributed by atoms with Crippen LogP contribution in [-0.2, 0) is 9.53 Å². The molecule has 0 atom stereocenters. The van der Waals surface area contributed by atoms with Gasteiger partial charge in [-0.3, -0.25) is 4.79 Å². The van der Waals surface area contributed by atoms with Crippen molar-refractivity contribution in [2.24, 2.45) is 0 Å². The van der Waals surface area contributed by atoms with Crippen molar-refractivity contribution in [1.82, 2.24) is 0 Å². The summed E-state index contributed by atoms with van der Waals surface area (Å²) in [4.78, 5) is 11.0. The van der Waals surface area contributed by atoms with Crippen LogP contribution in [-0.4, -0.2) is 18.6 Å². The number of hydrogen-bond donors (Lipinski definition) is 1. The van der Waals surface area contributed by atoms with E-state index in [0.717, 1.165) is 10.8 Å². The van der Waals surface area contributed by atoms with Crippen LogP contribution in [0.5, 0.6) is 0 Å². The average Bonchev–Trinajstić information content (AvgIpc) is 2.46. The topological polar surface area (TPSA) is 38.3 Å². The fraction of sp³-hybridized carbons (Fsp3) is 0.188. The molecule has 0 fully saturated rings. The smallest absolute Gasteiger partial charge is 0.454 e. The number of carbonyl (C=O) groups is 1. The molecule has 0 bridgehead atoms. The quantitative estimate of drug-likeness (QED) is 0.662. The third-order valence-electron chi connectivity index (χ3n) is 2.86. The highest BCUT2D eigenvalue weighted by Gasteiger charge is 2.37. The van der Waals surface area contributed by atoms with Crippen LogP contribution in [0.25, 0.3) is 10.8 Å². The van der Waals surface area contributed by atoms with E-state index >= 15 is 0 Å². The SMILES string of the molecule is CCO/C(=C\C(=O)C(F)(F)F)Nc1ccc2ccccc2c1. The molecular weight excluding hydrogens is 295 g/mol. The summed E-state index contributed by atoms with van der Waals surface area (Å²) in [6.07, 6.45) is -4.51. The second-order valence-corrected chi connectivity index (χ2v) is 4.49. The van der Waals surface area contributed by atoms with E-state index in [-0.39, 0.29) is 12.5 Å². The van der Waals surface area contributed by atoms with E-state index in [4.69, 9.17) is 4.74 Å². The van der Waals surface area contributed by atoms with Crippen LogP contribution in [0.1, 0.15) is 6.92 Å². The van der Waals surface area contributed by atoms with E-state index < -0.39 is 12.0 Å². The summed E-state index contributed by atoms with van der Waals surface area (Å²) in [6.45, 7) is 1.76. The number of benzene rings is 2. The number of hydrogen-bond acceptors (Lipinski definition) is 3. The van der Waals surface area contributed by atoms with E-state index in [1.165, 1.54) is 0 Å². The van der Waals surface area contributed by atoms with E-state index in [1.54, 1.807) is 19.1 Å². The maximum Gasteiger partial charge on any atom is 0.454 e. The van der Waals surface area contributed by atoms with Gasteiger partial charge >= 0.3 is 6.18 Å². The molecule has 6 heteroatoms. The first-order valence-corrected chi connectivity index (χ1v) is 6.61. The van der Waals surface area contributed by atoms with Gasteiger partial charge < -0.3 is 10.1 Å². The molecule has 0 saturated heterocycles. The molecule has 0 aliphatic rings. The largest absolute Gasteiger partial charge is 0.479 e. The molecule has 0 aromatic heterocycles. The number of alkyl halides is 3. The normalized spacial score (nSPS) is 12.3. The number of halogens is 3. The van der Waals surface area contributed by atoms with Crippen molar-refractivity contribution < 1.29 is 22.7 Å². The lowest BCUT2D eigenvalue weighted by molar-refractivity contribution is -0.165. The van der Waals surface area contributed by atoms with Gasteiger partial charge in [-0.25, -0.2) is 0 Å². The zero-order valence-electron chi connectivity index (χ0n) is 11.8. The highest BCUT2D eigenvalue weighted by Crippen LogP contribution is 2.22. The van der Waals surface area contributed by atoms with Gasteiger partial charge in [0.15, 0.2) is 5.88 Å². The predicted octanol–water partition coefficient (Wildman–Crippen LogP) is 4.26. The number of ketones is 1. The van der Waals surface area contributed by atoms with Crippen LogP contribution >= 0.6 is 0 Å². The van der Waals surface area contributed by atoms with Gasteiger partial charge in [0.05, 0.1) is 12.7 Å². The molecule has 3 nitrogen and oxygen atoms in total. The van der Waals surface area contributed by atoms with Crippen LogP contribution in [0, 0.1) is 0 Å². The van der Waals surface area contributed by atoms with Crippen molar-refractivity contribution in [2.75, 3.05) is 11.9 Å². The highest BCUT2D eigenvalue weighted by atomic mass is 19.4. The number of allylic oxidation sites excluding steroid dienone is 1. The first-order valence-electron chi connectivity index (χ1n) is 6.61. The Bertz CT molecular complexity index is 708. The molecule has 0 spiro atoms. The minimum atomic E-state index is -4.92. The van der Waals surface area contributed by atoms with Crippen molar-refractivity contribution in [3.63, 3.8) is 0 Å². The minimum absolute atomic E-state index is 0.136. The summed E-state index contributed by atoms with van der Waals surface area (Å²) >= 11 is 0. The van der Waals surface area contributed by atoms with Crippen LogP contribution in [0.15, 0.2) is 54.4 Å². The zero-order chi connectivity index (χ0) is 16.2. The van der Waals surface area contributed by atoms with Crippen molar-refractivity contribution in [2.45, 2.75) is 13.1 Å². The van der Waals surface area contributed by atoms with Gasteiger partial charge in [-0.1, -0.05) is 30.3 Å². The Kier molecular flexibility index (Phi) is 4.70. The summed E-state index contributed by atoms with van der Waals surface area (Å²) in [5, 5.41) is 4.62. The molecule has 0 saturated carbocycles. The Hall–Kier alpha value is -2.50. The molecule has 0 radical (unpaired) electrons. The second-order valence-electron chi connectivity index (χ2n) is 4.49. The standard InChI is InChI=1S/C16H14F3NO2/c1-2-22-15(10-14(21)16(17,18)19)20-13-8-7-11-5-3-4-6-12(11)9-13/h3-10,20H,2H2,1H3/b15-10-. The van der Waals surface area contributed by atoms with E-state index in [2.05, 4.69) is 5.32 Å². The van der Waals surface area contributed by atoms with Crippen LogP contribution in [0.2, 0.25) is 0 Å². The molecule has 2 aromatic rings. The van der Waals surface area contributed by atoms with Crippen LogP contribution in [0.3, 0.4) is 0 Å². The van der Waals surface area contributed by atoms with Crippen LogP contribution in [0.4, 0.5) is 18.9 Å². The first kappa shape index (κ1) is 15.9. The molecule has 0 amide bonds. The third kappa shape index (κ3) is 4.00. The first-order chi connectivity index (χ1) is 10.4. The van der Waals surface area contributed by atoms with Crippen molar-refractivity contribution >= 4 is 22.2 Å². The number of rotatable bonds is 5. The molecular formula is C16H14F3NO2. The summed E-state index contributed by atoms with van der Waals surface area (Å²) < 4.78 is 42.0. The Morgan fingerprint density at radius 2 is 1.86 bits per heavy atom. The summed E-state index contributed by atoms with van der Waals surface area (Å²) in [6, 6.07) is 12.8. The molecule has 22 heavy (non-hydrogen) atoms. The average molecular weight is 309 g/mol. The zero-order valence-corrected chi connectivity index (χ0v) is 11.8. The fourth-order valence-electron chi connectivity index (χ4n) is 1.88. The monoisotopic (exact) mass is 309 g/mol. The second kappa shape index (κ2) is 6.51. The summed E-state index contributed by atoms with van der Waals surface area (Å²) in [5.41, 5.74) is 0.536. The Balaban J connectivity index is 2.26. The van der Waals surface area contributed by atoms with Crippen molar-refractivity contribution in [1.29, 1.82) is 0 Å². The molecule has 0 unspecified atom stereocenters. The number of nitrogens with one attached hydrogen (secondary N) is 1. The Labute approximate surface area is 125 Å². The number of carbonyl (C=O) groups excluding carboxylic acids is 1. The van der Waals surface area contributed by atoms with Gasteiger partial charge in [-0.15, -0.1) is 0 Å². The van der Waals surface area contributed by atoms with E-state index in [0.29, 0.717) is 11.8 Å². The van der Waals surface area contributed by atoms with Gasteiger partial charge in [0, 0.05) is 5.69 Å². The van der Waals surface area contributed by atoms with Crippen LogP contribution < -0.4 is 5.32 Å². The lowest BCUT2D eigenvalue weighted by Crippen LogP contribution is -2.22. The molecule has 2 rings (SSSR count). The van der Waals surface area contributed by atoms with Crippen molar-refractivity contribution in [3.8, 4) is 0 Å². The fourth-order valence-corrected chi connectivity index (χ4v) is 1.88. The molecule has 116 valence electrons. The summed E-state index contributed by atoms with van der Waals surface area (Å²) in [7, 11) is 0. The van der Waals surface area contributed by atoms with Gasteiger partial charge in [0.2, 0.25) is 0 Å². The predicted molar refractivity (Wildman–Crippen MR) is 78.3 cm³/mol. The van der Waals surface area contributed by atoms with Gasteiger partial charge in [0.1, 0.15) is 0 Å². The maximum atomic E-state index is 12.3. The minimum Gasteiger partial charge on any atom is -0.479 e. The molecule has 0 aliphatic carbocycles. The van der Waals surface area contributed by atoms with E-state index in [9.17, 15) is 18.0 Å². The van der Waals surface area contributed by atoms with Gasteiger partial charge in [0.25, 0.3) is 5.78 Å². The number of ether oxygens (including phenoxy) is 1. The third-order valence-corrected chi connectivity index (χ3v) is 2.86. The lowest BCUT2D eigenvalue weighted by Gasteiger charge is -2.12. The lowest BCUT2D eigenvalue weighted by atomic mass is 10.1. The highest BCUT2D eigenvalue weighted by molar-refractivity contribution is 5.95. The molecule has 0 aliphatic heterocycles. The maximum absolute atomic E-state index is 12.3.